The smallest absolute Gasteiger partial charge is 0.248 e. The SMILES string of the molecule is COc1ncccc1C(=O)Cn1nnc(-c2ccc(C(N)=O)cc2)n1. The van der Waals surface area contributed by atoms with Crippen molar-refractivity contribution in [1.82, 2.24) is 25.2 Å². The first kappa shape index (κ1) is 16.2. The molecule has 0 aliphatic heterocycles. The molecule has 0 saturated carbocycles. The lowest BCUT2D eigenvalue weighted by Gasteiger charge is -2.04. The number of ketones is 1. The van der Waals surface area contributed by atoms with Crippen LogP contribution in [0.15, 0.2) is 42.6 Å². The molecule has 9 heteroatoms. The second-order valence-electron chi connectivity index (χ2n) is 5.07. The molecular weight excluding hydrogens is 324 g/mol. The Morgan fingerprint density at radius 2 is 1.96 bits per heavy atom. The van der Waals surface area contributed by atoms with E-state index < -0.39 is 5.91 Å². The first-order chi connectivity index (χ1) is 12.1. The molecule has 0 atom stereocenters. The number of rotatable bonds is 6. The summed E-state index contributed by atoms with van der Waals surface area (Å²) >= 11 is 0. The molecule has 3 aromatic rings. The van der Waals surface area contributed by atoms with Crippen molar-refractivity contribution in [2.75, 3.05) is 7.11 Å². The van der Waals surface area contributed by atoms with E-state index in [-0.39, 0.29) is 18.2 Å². The second-order valence-corrected chi connectivity index (χ2v) is 5.07. The number of Topliss-reactive ketones (excluding diaryl/α,β-unsaturated/α-hetero) is 1. The predicted molar refractivity (Wildman–Crippen MR) is 86.9 cm³/mol. The number of aromatic nitrogens is 5. The Morgan fingerprint density at radius 3 is 2.64 bits per heavy atom. The fraction of sp³-hybridized carbons (Fsp3) is 0.125. The fourth-order valence-corrected chi connectivity index (χ4v) is 2.19. The number of methoxy groups -OCH3 is 1. The molecule has 0 aliphatic carbocycles. The largest absolute Gasteiger partial charge is 0.480 e. The van der Waals surface area contributed by atoms with Gasteiger partial charge in [-0.05, 0) is 29.5 Å². The molecule has 0 bridgehead atoms. The van der Waals surface area contributed by atoms with Gasteiger partial charge in [-0.3, -0.25) is 9.59 Å². The second kappa shape index (κ2) is 6.87. The number of hydrogen-bond donors (Lipinski definition) is 1. The van der Waals surface area contributed by atoms with Crippen LogP contribution >= 0.6 is 0 Å². The Labute approximate surface area is 142 Å². The van der Waals surface area contributed by atoms with Gasteiger partial charge < -0.3 is 10.5 Å². The number of pyridine rings is 1. The molecule has 2 N–H and O–H groups in total. The van der Waals surface area contributed by atoms with E-state index in [0.717, 1.165) is 0 Å². The molecule has 2 heterocycles. The molecule has 0 aliphatic rings. The van der Waals surface area contributed by atoms with Crippen LogP contribution in [0.1, 0.15) is 20.7 Å². The number of hydrogen-bond acceptors (Lipinski definition) is 7. The van der Waals surface area contributed by atoms with E-state index >= 15 is 0 Å². The quantitative estimate of drug-likeness (QED) is 0.656. The highest BCUT2D eigenvalue weighted by Gasteiger charge is 2.15. The highest BCUT2D eigenvalue weighted by molar-refractivity contribution is 5.97. The van der Waals surface area contributed by atoms with Gasteiger partial charge in [0.2, 0.25) is 17.6 Å². The van der Waals surface area contributed by atoms with Gasteiger partial charge in [-0.1, -0.05) is 12.1 Å². The van der Waals surface area contributed by atoms with E-state index in [4.69, 9.17) is 10.5 Å². The van der Waals surface area contributed by atoms with Crippen LogP contribution in [-0.4, -0.2) is 44.0 Å². The van der Waals surface area contributed by atoms with E-state index in [2.05, 4.69) is 20.4 Å². The van der Waals surface area contributed by atoms with E-state index in [1.165, 1.54) is 18.1 Å². The summed E-state index contributed by atoms with van der Waals surface area (Å²) in [4.78, 5) is 28.6. The molecule has 0 spiro atoms. The van der Waals surface area contributed by atoms with E-state index in [1.54, 1.807) is 36.4 Å². The maximum Gasteiger partial charge on any atom is 0.248 e. The lowest BCUT2D eigenvalue weighted by atomic mass is 10.1. The molecule has 0 saturated heterocycles. The average Bonchev–Trinajstić information content (AvgIpc) is 3.10. The number of ether oxygens (including phenoxy) is 1. The number of tetrazole rings is 1. The molecule has 0 radical (unpaired) electrons. The van der Waals surface area contributed by atoms with Gasteiger partial charge in [-0.15, -0.1) is 10.2 Å². The fourth-order valence-electron chi connectivity index (χ4n) is 2.19. The molecule has 1 aromatic carbocycles. The molecule has 0 fully saturated rings. The highest BCUT2D eigenvalue weighted by atomic mass is 16.5. The Kier molecular flexibility index (Phi) is 4.46. The van der Waals surface area contributed by atoms with Crippen LogP contribution in [0.2, 0.25) is 0 Å². The molecule has 9 nitrogen and oxygen atoms in total. The number of benzene rings is 1. The molecular formula is C16H14N6O3. The summed E-state index contributed by atoms with van der Waals surface area (Å²) in [5.41, 5.74) is 6.58. The monoisotopic (exact) mass is 338 g/mol. The standard InChI is InChI=1S/C16H14N6O3/c1-25-16-12(3-2-8-18-16)13(23)9-22-20-15(19-21-22)11-6-4-10(5-7-11)14(17)24/h2-8H,9H2,1H3,(H2,17,24). The van der Waals surface area contributed by atoms with Gasteiger partial charge in [0.1, 0.15) is 6.54 Å². The van der Waals surface area contributed by atoms with Gasteiger partial charge in [0.15, 0.2) is 5.78 Å². The molecule has 3 rings (SSSR count). The molecule has 1 amide bonds. The minimum Gasteiger partial charge on any atom is -0.480 e. The average molecular weight is 338 g/mol. The van der Waals surface area contributed by atoms with Gasteiger partial charge in [-0.2, -0.15) is 4.80 Å². The van der Waals surface area contributed by atoms with Crippen molar-refractivity contribution in [3.05, 3.63) is 53.7 Å². The van der Waals surface area contributed by atoms with Crippen LogP contribution in [-0.2, 0) is 6.54 Å². The maximum atomic E-state index is 12.4. The third-order valence-corrected chi connectivity index (χ3v) is 3.43. The summed E-state index contributed by atoms with van der Waals surface area (Å²) in [5.74, 6) is -0.186. The zero-order valence-electron chi connectivity index (χ0n) is 13.3. The number of carbonyl (C=O) groups is 2. The van der Waals surface area contributed by atoms with E-state index in [9.17, 15) is 9.59 Å². The lowest BCUT2D eigenvalue weighted by molar-refractivity contribution is 0.0956. The van der Waals surface area contributed by atoms with Crippen LogP contribution < -0.4 is 10.5 Å². The van der Waals surface area contributed by atoms with Crippen LogP contribution in [0.3, 0.4) is 0 Å². The third-order valence-electron chi connectivity index (χ3n) is 3.43. The summed E-state index contributed by atoms with van der Waals surface area (Å²) in [5, 5.41) is 12.0. The first-order valence-corrected chi connectivity index (χ1v) is 7.28. The van der Waals surface area contributed by atoms with Crippen molar-refractivity contribution in [1.29, 1.82) is 0 Å². The van der Waals surface area contributed by atoms with E-state index in [0.29, 0.717) is 22.5 Å². The normalized spacial score (nSPS) is 10.4. The van der Waals surface area contributed by atoms with Crippen LogP contribution in [0.5, 0.6) is 5.88 Å². The van der Waals surface area contributed by atoms with Crippen LogP contribution in [0, 0.1) is 0 Å². The van der Waals surface area contributed by atoms with Gasteiger partial charge in [0.05, 0.1) is 12.7 Å². The molecule has 126 valence electrons. The van der Waals surface area contributed by atoms with Crippen molar-refractivity contribution >= 4 is 11.7 Å². The summed E-state index contributed by atoms with van der Waals surface area (Å²) in [7, 11) is 1.45. The number of carbonyl (C=O) groups excluding carboxylic acids is 2. The minimum absolute atomic E-state index is 0.103. The summed E-state index contributed by atoms with van der Waals surface area (Å²) in [6, 6.07) is 9.74. The predicted octanol–water partition coefficient (Wildman–Crippen LogP) is 0.725. The number of amides is 1. The van der Waals surface area contributed by atoms with Gasteiger partial charge in [0, 0.05) is 17.3 Å². The molecule has 25 heavy (non-hydrogen) atoms. The Morgan fingerprint density at radius 1 is 1.20 bits per heavy atom. The Balaban J connectivity index is 1.77. The number of nitrogens with two attached hydrogens (primary N) is 1. The number of primary amides is 1. The first-order valence-electron chi connectivity index (χ1n) is 7.28. The van der Waals surface area contributed by atoms with Gasteiger partial charge in [-0.25, -0.2) is 4.98 Å². The van der Waals surface area contributed by atoms with Gasteiger partial charge in [0.25, 0.3) is 0 Å². The number of nitrogens with zero attached hydrogens (tertiary/aromatic N) is 5. The van der Waals surface area contributed by atoms with Crippen molar-refractivity contribution in [2.24, 2.45) is 5.73 Å². The Bertz CT molecular complexity index is 920. The van der Waals surface area contributed by atoms with Crippen molar-refractivity contribution in [3.8, 4) is 17.3 Å². The van der Waals surface area contributed by atoms with Crippen molar-refractivity contribution < 1.29 is 14.3 Å². The van der Waals surface area contributed by atoms with E-state index in [1.807, 2.05) is 0 Å². The van der Waals surface area contributed by atoms with Gasteiger partial charge >= 0.3 is 0 Å². The van der Waals surface area contributed by atoms with Crippen LogP contribution in [0.25, 0.3) is 11.4 Å². The zero-order valence-corrected chi connectivity index (χ0v) is 13.3. The summed E-state index contributed by atoms with van der Waals surface area (Å²) < 4.78 is 5.07. The van der Waals surface area contributed by atoms with Crippen LogP contribution in [0.4, 0.5) is 0 Å². The maximum absolute atomic E-state index is 12.4. The molecule has 2 aromatic heterocycles. The highest BCUT2D eigenvalue weighted by Crippen LogP contribution is 2.16. The summed E-state index contributed by atoms with van der Waals surface area (Å²) in [6.07, 6.45) is 1.54. The third kappa shape index (κ3) is 3.50. The minimum atomic E-state index is -0.515. The summed E-state index contributed by atoms with van der Waals surface area (Å²) in [6.45, 7) is -0.103. The Hall–Kier alpha value is -3.62. The topological polar surface area (TPSA) is 126 Å². The molecule has 0 unspecified atom stereocenters. The van der Waals surface area contributed by atoms with Crippen molar-refractivity contribution in [2.45, 2.75) is 6.54 Å². The lowest BCUT2D eigenvalue weighted by Crippen LogP contribution is -2.14. The van der Waals surface area contributed by atoms with Crippen molar-refractivity contribution in [3.63, 3.8) is 0 Å². The zero-order chi connectivity index (χ0) is 17.8.